The summed E-state index contributed by atoms with van der Waals surface area (Å²) in [4.78, 5) is 9.65. The number of hydrogen-bond acceptors (Lipinski definition) is 5. The van der Waals surface area contributed by atoms with Crippen LogP contribution in [0.2, 0.25) is 0 Å². The van der Waals surface area contributed by atoms with Crippen LogP contribution in [0.5, 0.6) is 0 Å². The minimum atomic E-state index is -0.717. The fraction of sp³-hybridized carbons (Fsp3) is 0.579. The first-order valence-corrected chi connectivity index (χ1v) is 16.3. The maximum Gasteiger partial charge on any atom is 0.220 e. The number of fused-ring (bicyclic) bond motifs is 2. The summed E-state index contributed by atoms with van der Waals surface area (Å²) < 4.78 is 0. The molecule has 4 N–H and O–H groups in total. The summed E-state index contributed by atoms with van der Waals surface area (Å²) >= 11 is 0. The molecule has 1 heterocycles. The third-order valence-corrected chi connectivity index (χ3v) is 10.7. The number of allylic oxidation sites excluding steroid dienone is 5. The van der Waals surface area contributed by atoms with Crippen molar-refractivity contribution in [3.63, 3.8) is 0 Å². The van der Waals surface area contributed by atoms with Crippen molar-refractivity contribution in [3.8, 4) is 11.3 Å². The highest BCUT2D eigenvalue weighted by atomic mass is 16.3. The molecule has 4 rings (SSSR count). The number of nitrogens with zero attached hydrogens (tertiary/aromatic N) is 2. The average molecular weight is 586 g/mol. The van der Waals surface area contributed by atoms with E-state index in [2.05, 4.69) is 84.0 Å². The third-order valence-electron chi connectivity index (χ3n) is 10.7. The van der Waals surface area contributed by atoms with Crippen LogP contribution in [0, 0.1) is 17.3 Å². The van der Waals surface area contributed by atoms with Crippen molar-refractivity contribution < 1.29 is 10.2 Å². The van der Waals surface area contributed by atoms with Crippen LogP contribution in [0.3, 0.4) is 0 Å². The number of nitrogens with two attached hydrogens (primary N) is 1. The molecule has 1 saturated carbocycles. The van der Waals surface area contributed by atoms with Gasteiger partial charge < -0.3 is 15.9 Å². The number of aromatic nitrogens is 2. The van der Waals surface area contributed by atoms with Gasteiger partial charge in [-0.25, -0.2) is 9.97 Å². The second kappa shape index (κ2) is 13.5. The molecule has 43 heavy (non-hydrogen) atoms. The Morgan fingerprint density at radius 1 is 0.907 bits per heavy atom. The molecule has 4 atom stereocenters. The van der Waals surface area contributed by atoms with Crippen LogP contribution < -0.4 is 5.73 Å². The topological polar surface area (TPSA) is 92.3 Å². The Labute approximate surface area is 260 Å². The van der Waals surface area contributed by atoms with E-state index in [0.717, 1.165) is 80.3 Å². The molecule has 2 aliphatic carbocycles. The summed E-state index contributed by atoms with van der Waals surface area (Å²) in [6, 6.07) is 10.4. The van der Waals surface area contributed by atoms with E-state index < -0.39 is 5.60 Å². The largest absolute Gasteiger partial charge is 0.392 e. The minimum absolute atomic E-state index is 0.0916. The molecule has 0 unspecified atom stereocenters. The summed E-state index contributed by atoms with van der Waals surface area (Å²) in [5.74, 6) is 0.895. The first-order valence-electron chi connectivity index (χ1n) is 16.3. The monoisotopic (exact) mass is 585 g/mol. The number of nitrogen functional groups attached to an aromatic ring is 1. The van der Waals surface area contributed by atoms with E-state index >= 15 is 0 Å². The maximum atomic E-state index is 11.9. The first kappa shape index (κ1) is 33.1. The molecule has 0 aliphatic heterocycles. The van der Waals surface area contributed by atoms with Crippen LogP contribution in [-0.4, -0.2) is 32.4 Å². The van der Waals surface area contributed by atoms with Crippen LogP contribution in [0.4, 0.5) is 5.95 Å². The Balaban J connectivity index is 1.52. The van der Waals surface area contributed by atoms with Crippen LogP contribution in [-0.2, 0) is 11.8 Å². The molecule has 1 fully saturated rings. The molecule has 1 aromatic carbocycles. The quantitative estimate of drug-likeness (QED) is 0.230. The summed E-state index contributed by atoms with van der Waals surface area (Å²) in [7, 11) is 0. The highest BCUT2D eigenvalue weighted by Crippen LogP contribution is 2.62. The molecule has 0 bridgehead atoms. The normalized spacial score (nSPS) is 27.5. The number of benzene rings is 1. The number of rotatable bonds is 11. The zero-order valence-electron chi connectivity index (χ0n) is 27.7. The van der Waals surface area contributed by atoms with Gasteiger partial charge in [-0.05, 0) is 103 Å². The Morgan fingerprint density at radius 3 is 2.14 bits per heavy atom. The van der Waals surface area contributed by atoms with Gasteiger partial charge in [0.25, 0.3) is 0 Å². The van der Waals surface area contributed by atoms with Crippen molar-refractivity contribution in [2.45, 2.75) is 117 Å². The van der Waals surface area contributed by atoms with Gasteiger partial charge in [0.15, 0.2) is 0 Å². The molecule has 5 heteroatoms. The van der Waals surface area contributed by atoms with Crippen molar-refractivity contribution in [3.05, 3.63) is 76.5 Å². The predicted molar refractivity (Wildman–Crippen MR) is 180 cm³/mol. The Morgan fingerprint density at radius 2 is 1.51 bits per heavy atom. The molecule has 5 nitrogen and oxygen atoms in total. The van der Waals surface area contributed by atoms with Crippen molar-refractivity contribution >= 4 is 5.95 Å². The fourth-order valence-electron chi connectivity index (χ4n) is 8.41. The first-order chi connectivity index (χ1) is 20.3. The van der Waals surface area contributed by atoms with Crippen LogP contribution in [0.15, 0.2) is 65.3 Å². The fourth-order valence-corrected chi connectivity index (χ4v) is 8.41. The van der Waals surface area contributed by atoms with Gasteiger partial charge in [0.1, 0.15) is 0 Å². The van der Waals surface area contributed by atoms with E-state index in [-0.39, 0.29) is 23.4 Å². The summed E-state index contributed by atoms with van der Waals surface area (Å²) in [6.45, 7) is 15.7. The Bertz CT molecular complexity index is 1350. The van der Waals surface area contributed by atoms with Crippen molar-refractivity contribution in [1.82, 2.24) is 9.97 Å². The van der Waals surface area contributed by atoms with Crippen molar-refractivity contribution in [2.24, 2.45) is 17.3 Å². The lowest BCUT2D eigenvalue weighted by atomic mass is 9.44. The molecule has 0 spiro atoms. The predicted octanol–water partition coefficient (Wildman–Crippen LogP) is 8.51. The second-order valence-corrected chi connectivity index (χ2v) is 14.5. The lowest BCUT2D eigenvalue weighted by Gasteiger charge is -2.61. The molecule has 0 radical (unpaired) electrons. The second-order valence-electron chi connectivity index (χ2n) is 14.5. The van der Waals surface area contributed by atoms with E-state index in [1.54, 1.807) is 0 Å². The molecular weight excluding hydrogens is 530 g/mol. The minimum Gasteiger partial charge on any atom is -0.392 e. The lowest BCUT2D eigenvalue weighted by Crippen LogP contribution is -2.60. The number of hydrogen-bond donors (Lipinski definition) is 3. The van der Waals surface area contributed by atoms with Crippen molar-refractivity contribution in [1.29, 1.82) is 0 Å². The van der Waals surface area contributed by atoms with Gasteiger partial charge in [0.05, 0.1) is 23.6 Å². The molecule has 1 aromatic heterocycles. The van der Waals surface area contributed by atoms with Gasteiger partial charge in [0.2, 0.25) is 5.95 Å². The third kappa shape index (κ3) is 7.32. The highest BCUT2D eigenvalue weighted by Gasteiger charge is 2.60. The molecule has 2 aliphatic rings. The molecule has 0 amide bonds. The lowest BCUT2D eigenvalue weighted by molar-refractivity contribution is -0.144. The van der Waals surface area contributed by atoms with E-state index in [0.29, 0.717) is 11.9 Å². The average Bonchev–Trinajstić information content (AvgIpc) is 2.95. The number of anilines is 1. The van der Waals surface area contributed by atoms with Crippen molar-refractivity contribution in [2.75, 3.05) is 12.3 Å². The zero-order valence-corrected chi connectivity index (χ0v) is 27.7. The van der Waals surface area contributed by atoms with E-state index in [1.165, 1.54) is 16.7 Å². The maximum absolute atomic E-state index is 11.9. The van der Waals surface area contributed by atoms with Gasteiger partial charge in [-0.15, -0.1) is 0 Å². The Kier molecular flexibility index (Phi) is 10.4. The number of aliphatic hydroxyl groups excluding tert-OH is 1. The van der Waals surface area contributed by atoms with E-state index in [4.69, 9.17) is 20.8 Å². The summed E-state index contributed by atoms with van der Waals surface area (Å²) in [5, 5.41) is 21.0. The summed E-state index contributed by atoms with van der Waals surface area (Å²) in [6.07, 6.45) is 15.6. The standard InChI is InChI=1S/C38H55N3O2/c1-26(16-12-18-28(3)25-42)14-11-15-27(2)17-13-21-32-37(6)24-30-33(29-19-9-8-10-20-29)40-35(39)41-34(30)36(4,5)31(37)22-23-38(32,7)43/h8-10,14,17-20,31-32,42-43H,11-13,15-16,21-25H2,1-7H3,(H2,39,40,41)/b26-14+,27-17+,28-18+/t31-,32+,37-,38+/m0/s1. The van der Waals surface area contributed by atoms with E-state index in [1.807, 2.05) is 13.0 Å². The van der Waals surface area contributed by atoms with E-state index in [9.17, 15) is 5.11 Å². The number of aliphatic hydroxyl groups is 2. The van der Waals surface area contributed by atoms with Crippen LogP contribution >= 0.6 is 0 Å². The highest BCUT2D eigenvalue weighted by molar-refractivity contribution is 5.66. The SMILES string of the molecule is C/C(=C\CC/C(C)=C/CC/C(C)=C/CC[C@@H]1[C@@]2(C)Cc3c(-c4ccccc4)nc(N)nc3C(C)(C)[C@@H]2CC[C@@]1(C)O)CO. The summed E-state index contributed by atoms with van der Waals surface area (Å²) in [5.41, 5.74) is 13.5. The van der Waals surface area contributed by atoms with Gasteiger partial charge in [-0.1, -0.05) is 86.1 Å². The molecular formula is C38H55N3O2. The van der Waals surface area contributed by atoms with Crippen LogP contribution in [0.1, 0.15) is 111 Å². The zero-order chi connectivity index (χ0) is 31.4. The van der Waals surface area contributed by atoms with Gasteiger partial charge >= 0.3 is 0 Å². The molecule has 234 valence electrons. The van der Waals surface area contributed by atoms with Gasteiger partial charge in [-0.3, -0.25) is 0 Å². The smallest absolute Gasteiger partial charge is 0.220 e. The Hall–Kier alpha value is -2.76. The van der Waals surface area contributed by atoms with Gasteiger partial charge in [-0.2, -0.15) is 0 Å². The van der Waals surface area contributed by atoms with Gasteiger partial charge in [0, 0.05) is 16.5 Å². The molecule has 2 aromatic rings. The molecule has 0 saturated heterocycles. The van der Waals surface area contributed by atoms with Crippen LogP contribution in [0.25, 0.3) is 11.3 Å².